The lowest BCUT2D eigenvalue weighted by molar-refractivity contribution is 0.247. The molecule has 0 radical (unpaired) electrons. The van der Waals surface area contributed by atoms with Crippen LogP contribution in [0.3, 0.4) is 0 Å². The minimum absolute atomic E-state index is 0. The quantitative estimate of drug-likeness (QED) is 0.908. The number of nitrogens with two attached hydrogens (primary N) is 1. The fraction of sp³-hybridized carbons (Fsp3) is 0.455. The number of benzene rings is 1. The van der Waals surface area contributed by atoms with Crippen LogP contribution in [-0.2, 0) is 0 Å². The van der Waals surface area contributed by atoms with Crippen LogP contribution in [0, 0.1) is 11.6 Å². The summed E-state index contributed by atoms with van der Waals surface area (Å²) in [6.45, 7) is 0.170. The maximum Gasteiger partial charge on any atom is 0.200 e. The smallest absolute Gasteiger partial charge is 0.200 e. The predicted molar refractivity (Wildman–Crippen MR) is 61.8 cm³/mol. The van der Waals surface area contributed by atoms with E-state index in [-0.39, 0.29) is 36.1 Å². The second kappa shape index (κ2) is 5.06. The largest absolute Gasteiger partial charge is 0.490 e. The van der Waals surface area contributed by atoms with E-state index in [1.807, 2.05) is 0 Å². The highest BCUT2D eigenvalue weighted by Crippen LogP contribution is 2.37. The van der Waals surface area contributed by atoms with E-state index in [0.717, 1.165) is 25.0 Å². The minimum Gasteiger partial charge on any atom is -0.490 e. The minimum atomic E-state index is -0.652. The van der Waals surface area contributed by atoms with Gasteiger partial charge < -0.3 is 15.2 Å². The van der Waals surface area contributed by atoms with Gasteiger partial charge in [0, 0.05) is 0 Å². The van der Waals surface area contributed by atoms with Crippen LogP contribution in [0.15, 0.2) is 12.1 Å². The van der Waals surface area contributed by atoms with Crippen LogP contribution in [0.25, 0.3) is 0 Å². The molecule has 1 fully saturated rings. The van der Waals surface area contributed by atoms with E-state index in [1.54, 1.807) is 0 Å². The van der Waals surface area contributed by atoms with Crippen molar-refractivity contribution < 1.29 is 18.3 Å². The van der Waals surface area contributed by atoms with Crippen LogP contribution in [0.4, 0.5) is 8.78 Å². The molecule has 0 aliphatic heterocycles. The van der Waals surface area contributed by atoms with Gasteiger partial charge in [-0.25, -0.2) is 8.78 Å². The Bertz CT molecular complexity index is 411. The third-order valence-corrected chi connectivity index (χ3v) is 2.62. The Labute approximate surface area is 104 Å². The average molecular weight is 266 g/mol. The molecule has 0 unspecified atom stereocenters. The van der Waals surface area contributed by atoms with E-state index in [1.165, 1.54) is 7.11 Å². The van der Waals surface area contributed by atoms with E-state index in [2.05, 4.69) is 0 Å². The Kier molecular flexibility index (Phi) is 4.16. The van der Waals surface area contributed by atoms with Crippen molar-refractivity contribution in [2.45, 2.75) is 18.4 Å². The summed E-state index contributed by atoms with van der Waals surface area (Å²) in [4.78, 5) is 0. The van der Waals surface area contributed by atoms with Crippen molar-refractivity contribution in [2.24, 2.45) is 5.73 Å². The first-order chi connectivity index (χ1) is 7.56. The first kappa shape index (κ1) is 14.0. The molecule has 1 aliphatic carbocycles. The first-order valence-corrected chi connectivity index (χ1v) is 4.99. The molecule has 96 valence electrons. The van der Waals surface area contributed by atoms with Gasteiger partial charge in [-0.3, -0.25) is 0 Å². The van der Waals surface area contributed by atoms with Crippen LogP contribution in [0.5, 0.6) is 11.5 Å². The summed E-state index contributed by atoms with van der Waals surface area (Å²) in [7, 11) is 1.26. The fourth-order valence-electron chi connectivity index (χ4n) is 1.36. The Morgan fingerprint density at radius 2 is 1.76 bits per heavy atom. The molecule has 6 heteroatoms. The van der Waals surface area contributed by atoms with Gasteiger partial charge in [0.1, 0.15) is 6.61 Å². The summed E-state index contributed by atoms with van der Waals surface area (Å²) in [5.41, 5.74) is 5.41. The summed E-state index contributed by atoms with van der Waals surface area (Å²) in [5.74, 6) is -1.73. The molecule has 0 heterocycles. The van der Waals surface area contributed by atoms with E-state index in [4.69, 9.17) is 15.2 Å². The lowest BCUT2D eigenvalue weighted by Crippen LogP contribution is -2.30. The molecule has 0 atom stereocenters. The maximum absolute atomic E-state index is 13.4. The SMILES string of the molecule is COc1c(F)ccc(F)c1OCC1(N)CC1.Cl. The summed E-state index contributed by atoms with van der Waals surface area (Å²) >= 11 is 0. The van der Waals surface area contributed by atoms with Crippen LogP contribution < -0.4 is 15.2 Å². The monoisotopic (exact) mass is 265 g/mol. The van der Waals surface area contributed by atoms with Gasteiger partial charge >= 0.3 is 0 Å². The van der Waals surface area contributed by atoms with Crippen LogP contribution in [-0.4, -0.2) is 19.3 Å². The highest BCUT2D eigenvalue weighted by molar-refractivity contribution is 5.85. The van der Waals surface area contributed by atoms with Crippen molar-refractivity contribution >= 4 is 12.4 Å². The normalized spacial score (nSPS) is 16.0. The topological polar surface area (TPSA) is 44.5 Å². The Balaban J connectivity index is 0.00000144. The third kappa shape index (κ3) is 2.98. The lowest BCUT2D eigenvalue weighted by Gasteiger charge is -2.14. The second-order valence-electron chi connectivity index (χ2n) is 4.04. The standard InChI is InChI=1S/C11H13F2NO2.ClH/c1-15-9-7(12)2-3-8(13)10(9)16-6-11(14)4-5-11;/h2-3H,4-6,14H2,1H3;1H. The van der Waals surface area contributed by atoms with E-state index >= 15 is 0 Å². The van der Waals surface area contributed by atoms with E-state index in [9.17, 15) is 8.78 Å². The highest BCUT2D eigenvalue weighted by Gasteiger charge is 2.39. The molecule has 0 spiro atoms. The van der Waals surface area contributed by atoms with Gasteiger partial charge in [0.25, 0.3) is 0 Å². The molecular formula is C11H14ClF2NO2. The van der Waals surface area contributed by atoms with Crippen molar-refractivity contribution in [3.63, 3.8) is 0 Å². The number of ether oxygens (including phenoxy) is 2. The summed E-state index contributed by atoms with van der Waals surface area (Å²) in [6, 6.07) is 2.00. The summed E-state index contributed by atoms with van der Waals surface area (Å²) < 4.78 is 36.6. The molecule has 1 saturated carbocycles. The molecule has 2 rings (SSSR count). The zero-order valence-corrected chi connectivity index (χ0v) is 10.2. The average Bonchev–Trinajstić information content (AvgIpc) is 2.98. The molecule has 1 aromatic rings. The first-order valence-electron chi connectivity index (χ1n) is 4.99. The number of hydrogen-bond acceptors (Lipinski definition) is 3. The number of methoxy groups -OCH3 is 1. The third-order valence-electron chi connectivity index (χ3n) is 2.62. The maximum atomic E-state index is 13.4. The van der Waals surface area contributed by atoms with E-state index < -0.39 is 11.6 Å². The van der Waals surface area contributed by atoms with Crippen LogP contribution >= 0.6 is 12.4 Å². The molecule has 2 N–H and O–H groups in total. The van der Waals surface area contributed by atoms with Gasteiger partial charge in [0.2, 0.25) is 0 Å². The number of rotatable bonds is 4. The molecule has 0 bridgehead atoms. The Morgan fingerprint density at radius 3 is 2.24 bits per heavy atom. The predicted octanol–water partition coefficient (Wildman–Crippen LogP) is 2.27. The Hall–Kier alpha value is -1.07. The molecular weight excluding hydrogens is 252 g/mol. The second-order valence-corrected chi connectivity index (χ2v) is 4.04. The van der Waals surface area contributed by atoms with Crippen molar-refractivity contribution in [1.29, 1.82) is 0 Å². The summed E-state index contributed by atoms with van der Waals surface area (Å²) in [6.07, 6.45) is 1.68. The zero-order valence-electron chi connectivity index (χ0n) is 9.33. The van der Waals surface area contributed by atoms with Gasteiger partial charge in [0.05, 0.1) is 12.6 Å². The molecule has 0 aromatic heterocycles. The van der Waals surface area contributed by atoms with E-state index in [0.29, 0.717) is 0 Å². The lowest BCUT2D eigenvalue weighted by atomic mass is 10.3. The Morgan fingerprint density at radius 1 is 1.24 bits per heavy atom. The van der Waals surface area contributed by atoms with Gasteiger partial charge in [-0.15, -0.1) is 12.4 Å². The van der Waals surface area contributed by atoms with Crippen LogP contribution in [0.2, 0.25) is 0 Å². The van der Waals surface area contributed by atoms with Gasteiger partial charge in [-0.1, -0.05) is 0 Å². The fourth-order valence-corrected chi connectivity index (χ4v) is 1.36. The van der Waals surface area contributed by atoms with Crippen molar-refractivity contribution in [1.82, 2.24) is 0 Å². The van der Waals surface area contributed by atoms with Gasteiger partial charge in [-0.2, -0.15) is 0 Å². The van der Waals surface area contributed by atoms with Crippen molar-refractivity contribution in [3.05, 3.63) is 23.8 Å². The highest BCUT2D eigenvalue weighted by atomic mass is 35.5. The van der Waals surface area contributed by atoms with Crippen LogP contribution in [0.1, 0.15) is 12.8 Å². The molecule has 1 aliphatic rings. The molecule has 1 aromatic carbocycles. The van der Waals surface area contributed by atoms with Crippen molar-refractivity contribution in [3.8, 4) is 11.5 Å². The molecule has 0 amide bonds. The summed E-state index contributed by atoms with van der Waals surface area (Å²) in [5, 5.41) is 0. The molecule has 3 nitrogen and oxygen atoms in total. The van der Waals surface area contributed by atoms with Crippen molar-refractivity contribution in [2.75, 3.05) is 13.7 Å². The van der Waals surface area contributed by atoms with Gasteiger partial charge in [-0.05, 0) is 25.0 Å². The molecule has 17 heavy (non-hydrogen) atoms. The zero-order chi connectivity index (χ0) is 11.8. The number of halogens is 3. The molecule has 0 saturated heterocycles. The van der Waals surface area contributed by atoms with Gasteiger partial charge in [0.15, 0.2) is 23.1 Å². The number of hydrogen-bond donors (Lipinski definition) is 1.